The summed E-state index contributed by atoms with van der Waals surface area (Å²) >= 11 is 0. The molecule has 0 fully saturated rings. The van der Waals surface area contributed by atoms with E-state index in [4.69, 9.17) is 0 Å². The molecule has 108 valence electrons. The van der Waals surface area contributed by atoms with Crippen molar-refractivity contribution in [1.82, 2.24) is 9.97 Å². The van der Waals surface area contributed by atoms with Crippen molar-refractivity contribution < 1.29 is 13.2 Å². The van der Waals surface area contributed by atoms with E-state index in [-0.39, 0.29) is 23.7 Å². The van der Waals surface area contributed by atoms with E-state index in [1.807, 2.05) is 20.8 Å². The Morgan fingerprint density at radius 1 is 1.21 bits per heavy atom. The fraction of sp³-hybridized carbons (Fsp3) is 0.667. The maximum absolute atomic E-state index is 12.7. The molecule has 1 aromatic rings. The number of hydrogen-bond acceptors (Lipinski definition) is 4. The normalized spacial score (nSPS) is 13.5. The van der Waals surface area contributed by atoms with E-state index in [0.717, 1.165) is 6.07 Å². The molecule has 0 aliphatic heterocycles. The molecule has 2 N–H and O–H groups in total. The lowest BCUT2D eigenvalue weighted by Crippen LogP contribution is -2.23. The molecule has 0 spiro atoms. The van der Waals surface area contributed by atoms with Gasteiger partial charge in [0.15, 0.2) is 5.69 Å². The van der Waals surface area contributed by atoms with Crippen LogP contribution in [0.15, 0.2) is 6.07 Å². The van der Waals surface area contributed by atoms with Crippen LogP contribution in [0.3, 0.4) is 0 Å². The molecule has 0 amide bonds. The molecule has 1 heterocycles. The molecule has 0 saturated heterocycles. The lowest BCUT2D eigenvalue weighted by Gasteiger charge is -2.19. The molecule has 0 radical (unpaired) electrons. The van der Waals surface area contributed by atoms with Gasteiger partial charge in [0, 0.05) is 18.7 Å². The predicted octanol–water partition coefficient (Wildman–Crippen LogP) is 3.38. The second kappa shape index (κ2) is 6.08. The van der Waals surface area contributed by atoms with Crippen molar-refractivity contribution in [3.63, 3.8) is 0 Å². The van der Waals surface area contributed by atoms with E-state index >= 15 is 0 Å². The summed E-state index contributed by atoms with van der Waals surface area (Å²) in [5.41, 5.74) is -0.947. The lowest BCUT2D eigenvalue weighted by molar-refractivity contribution is -0.141. The highest BCUT2D eigenvalue weighted by Gasteiger charge is 2.33. The molecule has 0 bridgehead atoms. The van der Waals surface area contributed by atoms with Crippen LogP contribution in [0, 0.1) is 5.92 Å². The van der Waals surface area contributed by atoms with Gasteiger partial charge in [-0.2, -0.15) is 18.2 Å². The Bertz CT molecular complexity index is 418. The maximum atomic E-state index is 12.7. The van der Waals surface area contributed by atoms with Crippen LogP contribution >= 0.6 is 0 Å². The van der Waals surface area contributed by atoms with Crippen molar-refractivity contribution in [3.8, 4) is 0 Å². The van der Waals surface area contributed by atoms with Gasteiger partial charge in [-0.15, -0.1) is 0 Å². The van der Waals surface area contributed by atoms with Crippen LogP contribution in [-0.4, -0.2) is 22.6 Å². The van der Waals surface area contributed by atoms with Crippen molar-refractivity contribution >= 4 is 11.8 Å². The van der Waals surface area contributed by atoms with Gasteiger partial charge in [-0.05, 0) is 19.8 Å². The zero-order chi connectivity index (χ0) is 14.6. The molecule has 4 nitrogen and oxygen atoms in total. The van der Waals surface area contributed by atoms with Crippen LogP contribution in [0.4, 0.5) is 24.9 Å². The number of nitrogens with zero attached hydrogens (tertiary/aromatic N) is 2. The average molecular weight is 276 g/mol. The highest BCUT2D eigenvalue weighted by Crippen LogP contribution is 2.29. The molecule has 7 heteroatoms. The van der Waals surface area contributed by atoms with Crippen LogP contribution in [0.2, 0.25) is 0 Å². The molecular weight excluding hydrogens is 257 g/mol. The second-order valence-electron chi connectivity index (χ2n) is 4.67. The molecule has 19 heavy (non-hydrogen) atoms. The molecule has 0 saturated carbocycles. The van der Waals surface area contributed by atoms with Crippen LogP contribution in [0.5, 0.6) is 0 Å². The summed E-state index contributed by atoms with van der Waals surface area (Å²) in [4.78, 5) is 7.49. The highest BCUT2D eigenvalue weighted by molar-refractivity contribution is 5.43. The molecule has 1 atom stereocenters. The number of hydrogen-bond donors (Lipinski definition) is 2. The highest BCUT2D eigenvalue weighted by atomic mass is 19.4. The van der Waals surface area contributed by atoms with Crippen LogP contribution in [0.25, 0.3) is 0 Å². The number of halogens is 3. The summed E-state index contributed by atoms with van der Waals surface area (Å²) in [7, 11) is 0. The summed E-state index contributed by atoms with van der Waals surface area (Å²) in [6.45, 7) is 8.09. The quantitative estimate of drug-likeness (QED) is 0.865. The third kappa shape index (κ3) is 4.57. The predicted molar refractivity (Wildman–Crippen MR) is 69.1 cm³/mol. The summed E-state index contributed by atoms with van der Waals surface area (Å²) in [5, 5.41) is 5.66. The van der Waals surface area contributed by atoms with E-state index in [9.17, 15) is 13.2 Å². The first kappa shape index (κ1) is 15.5. The van der Waals surface area contributed by atoms with E-state index < -0.39 is 11.9 Å². The van der Waals surface area contributed by atoms with Gasteiger partial charge in [-0.3, -0.25) is 0 Å². The molecule has 1 unspecified atom stereocenters. The molecular formula is C12H19F3N4. The van der Waals surface area contributed by atoms with Crippen molar-refractivity contribution in [3.05, 3.63) is 11.8 Å². The van der Waals surface area contributed by atoms with Gasteiger partial charge in [0.05, 0.1) is 0 Å². The van der Waals surface area contributed by atoms with E-state index in [1.165, 1.54) is 0 Å². The van der Waals surface area contributed by atoms with Crippen LogP contribution in [0.1, 0.15) is 33.4 Å². The smallest absolute Gasteiger partial charge is 0.367 e. The van der Waals surface area contributed by atoms with Crippen LogP contribution < -0.4 is 10.6 Å². The Labute approximate surface area is 110 Å². The second-order valence-corrected chi connectivity index (χ2v) is 4.67. The van der Waals surface area contributed by atoms with Gasteiger partial charge >= 0.3 is 6.18 Å². The van der Waals surface area contributed by atoms with Gasteiger partial charge in [0.1, 0.15) is 5.82 Å². The minimum Gasteiger partial charge on any atom is -0.367 e. The Morgan fingerprint density at radius 2 is 1.84 bits per heavy atom. The third-order valence-electron chi connectivity index (χ3n) is 2.73. The van der Waals surface area contributed by atoms with Crippen molar-refractivity contribution in [2.24, 2.45) is 5.92 Å². The molecule has 0 aliphatic carbocycles. The largest absolute Gasteiger partial charge is 0.433 e. The summed E-state index contributed by atoms with van der Waals surface area (Å²) in [6, 6.07) is 0.949. The van der Waals surface area contributed by atoms with E-state index in [0.29, 0.717) is 6.54 Å². The topological polar surface area (TPSA) is 49.8 Å². The van der Waals surface area contributed by atoms with Gasteiger partial charge in [-0.25, -0.2) is 4.98 Å². The zero-order valence-electron chi connectivity index (χ0n) is 11.5. The minimum atomic E-state index is -4.48. The fourth-order valence-corrected chi connectivity index (χ4v) is 1.30. The average Bonchev–Trinajstić information content (AvgIpc) is 2.27. The van der Waals surface area contributed by atoms with E-state index in [1.54, 1.807) is 6.92 Å². The zero-order valence-corrected chi connectivity index (χ0v) is 11.5. The lowest BCUT2D eigenvalue weighted by atomic mass is 10.1. The van der Waals surface area contributed by atoms with Gasteiger partial charge < -0.3 is 10.6 Å². The monoisotopic (exact) mass is 276 g/mol. The minimum absolute atomic E-state index is 0.0178. The van der Waals surface area contributed by atoms with Crippen molar-refractivity contribution in [2.75, 3.05) is 17.2 Å². The number of aromatic nitrogens is 2. The molecule has 1 aromatic heterocycles. The summed E-state index contributed by atoms with van der Waals surface area (Å²) in [6.07, 6.45) is -4.48. The third-order valence-corrected chi connectivity index (χ3v) is 2.73. The number of anilines is 2. The van der Waals surface area contributed by atoms with Crippen LogP contribution in [-0.2, 0) is 6.18 Å². The van der Waals surface area contributed by atoms with Crippen molar-refractivity contribution in [1.29, 1.82) is 0 Å². The number of nitrogens with one attached hydrogen (secondary N) is 2. The van der Waals surface area contributed by atoms with Crippen molar-refractivity contribution in [2.45, 2.75) is 39.9 Å². The summed E-state index contributed by atoms with van der Waals surface area (Å²) in [5.74, 6) is 0.446. The Kier molecular flexibility index (Phi) is 4.97. The maximum Gasteiger partial charge on any atom is 0.433 e. The number of rotatable bonds is 5. The first-order valence-corrected chi connectivity index (χ1v) is 6.20. The fourth-order valence-electron chi connectivity index (χ4n) is 1.30. The summed E-state index contributed by atoms with van der Waals surface area (Å²) < 4.78 is 38.2. The van der Waals surface area contributed by atoms with Gasteiger partial charge in [-0.1, -0.05) is 13.8 Å². The molecule has 1 rings (SSSR count). The Morgan fingerprint density at radius 3 is 2.32 bits per heavy atom. The van der Waals surface area contributed by atoms with Gasteiger partial charge in [0.2, 0.25) is 5.95 Å². The SMILES string of the molecule is CCNc1nc(NC(C)C(C)C)cc(C(F)(F)F)n1. The van der Waals surface area contributed by atoms with E-state index in [2.05, 4.69) is 20.6 Å². The molecule has 0 aromatic carbocycles. The Hall–Kier alpha value is -1.53. The standard InChI is InChI=1S/C12H19F3N4/c1-5-16-11-18-9(12(13,14)15)6-10(19-11)17-8(4)7(2)3/h6-8H,5H2,1-4H3,(H2,16,17,18,19). The Balaban J connectivity index is 3.06. The first-order valence-electron chi connectivity index (χ1n) is 6.20. The first-order chi connectivity index (χ1) is 8.74. The number of alkyl halides is 3. The van der Waals surface area contributed by atoms with Gasteiger partial charge in [0.25, 0.3) is 0 Å². The molecule has 0 aliphatic rings.